The number of phenolic OH excluding ortho intramolecular Hbond substituents is 1. The average Bonchev–Trinajstić information content (AvgIpc) is 2.16. The van der Waals surface area contributed by atoms with Crippen molar-refractivity contribution in [3.63, 3.8) is 0 Å². The number of rotatable bonds is 3. The Labute approximate surface area is 82.0 Å². The molecule has 14 heavy (non-hydrogen) atoms. The summed E-state index contributed by atoms with van der Waals surface area (Å²) in [5, 5.41) is 17.8. The van der Waals surface area contributed by atoms with Crippen LogP contribution in [-0.2, 0) is 4.79 Å². The highest BCUT2D eigenvalue weighted by atomic mass is 16.4. The van der Waals surface area contributed by atoms with E-state index >= 15 is 0 Å². The van der Waals surface area contributed by atoms with Crippen molar-refractivity contribution in [3.8, 4) is 5.75 Å². The van der Waals surface area contributed by atoms with E-state index in [-0.39, 0.29) is 5.75 Å². The Bertz CT molecular complexity index is 321. The van der Waals surface area contributed by atoms with Gasteiger partial charge in [0.2, 0.25) is 0 Å². The lowest BCUT2D eigenvalue weighted by Crippen LogP contribution is -2.25. The van der Waals surface area contributed by atoms with Crippen molar-refractivity contribution in [3.05, 3.63) is 29.8 Å². The van der Waals surface area contributed by atoms with Crippen molar-refractivity contribution in [2.75, 3.05) is 0 Å². The second-order valence-corrected chi connectivity index (χ2v) is 3.24. The Balaban J connectivity index is 2.84. The van der Waals surface area contributed by atoms with Gasteiger partial charge in [-0.1, -0.05) is 19.1 Å². The highest BCUT2D eigenvalue weighted by molar-refractivity contribution is 5.70. The van der Waals surface area contributed by atoms with E-state index in [2.05, 4.69) is 0 Å². The van der Waals surface area contributed by atoms with Gasteiger partial charge in [-0.3, -0.25) is 4.79 Å². The molecule has 0 aliphatic rings. The fraction of sp³-hybridized carbons (Fsp3) is 0.300. The second kappa shape index (κ2) is 4.11. The minimum atomic E-state index is -0.925. The molecule has 0 aliphatic carbocycles. The quantitative estimate of drug-likeness (QED) is 0.674. The fourth-order valence-corrected chi connectivity index (χ4v) is 1.14. The van der Waals surface area contributed by atoms with Gasteiger partial charge >= 0.3 is 5.97 Å². The summed E-state index contributed by atoms with van der Waals surface area (Å²) < 4.78 is 0. The summed E-state index contributed by atoms with van der Waals surface area (Å²) in [5.74, 6) is -1.42. The smallest absolute Gasteiger partial charge is 0.308 e. The fourth-order valence-electron chi connectivity index (χ4n) is 1.14. The third-order valence-electron chi connectivity index (χ3n) is 2.21. The molecule has 0 bridgehead atoms. The Morgan fingerprint density at radius 3 is 2.29 bits per heavy atom. The number of nitrogens with two attached hydrogens (primary N) is 1. The van der Waals surface area contributed by atoms with Crippen molar-refractivity contribution in [2.24, 2.45) is 11.7 Å². The van der Waals surface area contributed by atoms with Crippen LogP contribution in [0.15, 0.2) is 24.3 Å². The van der Waals surface area contributed by atoms with Gasteiger partial charge in [0.15, 0.2) is 0 Å². The van der Waals surface area contributed by atoms with E-state index in [0.717, 1.165) is 0 Å². The van der Waals surface area contributed by atoms with Crippen LogP contribution in [0.2, 0.25) is 0 Å². The predicted molar refractivity (Wildman–Crippen MR) is 51.8 cm³/mol. The second-order valence-electron chi connectivity index (χ2n) is 3.24. The topological polar surface area (TPSA) is 83.5 Å². The average molecular weight is 195 g/mol. The maximum atomic E-state index is 10.7. The molecule has 0 aromatic heterocycles. The molecule has 0 aliphatic heterocycles. The third-order valence-corrected chi connectivity index (χ3v) is 2.21. The van der Waals surface area contributed by atoms with Crippen LogP contribution in [0.5, 0.6) is 5.75 Å². The summed E-state index contributed by atoms with van der Waals surface area (Å²) in [7, 11) is 0. The number of aromatic hydroxyl groups is 1. The molecule has 0 fully saturated rings. The lowest BCUT2D eigenvalue weighted by molar-refractivity contribution is -0.141. The Morgan fingerprint density at radius 2 is 1.86 bits per heavy atom. The Kier molecular flexibility index (Phi) is 3.09. The number of carbonyl (C=O) groups is 1. The summed E-state index contributed by atoms with van der Waals surface area (Å²) in [6, 6.07) is 5.68. The molecule has 0 saturated heterocycles. The number of aliphatic carboxylic acids is 1. The molecule has 4 heteroatoms. The lowest BCUT2D eigenvalue weighted by Gasteiger charge is -2.16. The molecule has 0 heterocycles. The van der Waals surface area contributed by atoms with E-state index in [9.17, 15) is 4.79 Å². The molecule has 1 rings (SSSR count). The van der Waals surface area contributed by atoms with Gasteiger partial charge in [-0.05, 0) is 17.7 Å². The van der Waals surface area contributed by atoms with E-state index in [1.54, 1.807) is 19.1 Å². The first-order valence-electron chi connectivity index (χ1n) is 4.29. The summed E-state index contributed by atoms with van der Waals surface area (Å²) in [6.07, 6.45) is 0. The first kappa shape index (κ1) is 10.5. The van der Waals surface area contributed by atoms with Crippen LogP contribution in [0.1, 0.15) is 18.5 Å². The van der Waals surface area contributed by atoms with Crippen molar-refractivity contribution in [1.29, 1.82) is 0 Å². The van der Waals surface area contributed by atoms with Crippen LogP contribution in [0, 0.1) is 5.92 Å². The lowest BCUT2D eigenvalue weighted by atomic mass is 9.95. The molecule has 2 atom stereocenters. The van der Waals surface area contributed by atoms with Gasteiger partial charge in [0, 0.05) is 6.04 Å². The van der Waals surface area contributed by atoms with E-state index in [4.69, 9.17) is 15.9 Å². The monoisotopic (exact) mass is 195 g/mol. The largest absolute Gasteiger partial charge is 0.508 e. The standard InChI is InChI=1S/C10H13NO3/c1-6(10(13)14)9(11)7-2-4-8(12)5-3-7/h2-6,9,12H,11H2,1H3,(H,13,14)/t6-,9+/m0/s1. The predicted octanol–water partition coefficient (Wildman–Crippen LogP) is 1.11. The maximum absolute atomic E-state index is 10.7. The van der Waals surface area contributed by atoms with Gasteiger partial charge in [0.1, 0.15) is 5.75 Å². The van der Waals surface area contributed by atoms with E-state index in [0.29, 0.717) is 5.56 Å². The van der Waals surface area contributed by atoms with Crippen LogP contribution in [0.3, 0.4) is 0 Å². The highest BCUT2D eigenvalue weighted by Gasteiger charge is 2.21. The zero-order chi connectivity index (χ0) is 10.7. The first-order valence-corrected chi connectivity index (χ1v) is 4.29. The molecular weight excluding hydrogens is 182 g/mol. The molecule has 1 aromatic rings. The normalized spacial score (nSPS) is 14.7. The molecular formula is C10H13NO3. The van der Waals surface area contributed by atoms with Crippen molar-refractivity contribution < 1.29 is 15.0 Å². The van der Waals surface area contributed by atoms with Gasteiger partial charge in [-0.25, -0.2) is 0 Å². The molecule has 0 unspecified atom stereocenters. The van der Waals surface area contributed by atoms with Gasteiger partial charge in [0.05, 0.1) is 5.92 Å². The number of phenols is 1. The molecule has 4 N–H and O–H groups in total. The zero-order valence-electron chi connectivity index (χ0n) is 7.84. The van der Waals surface area contributed by atoms with Crippen molar-refractivity contribution >= 4 is 5.97 Å². The minimum absolute atomic E-state index is 0.143. The number of hydrogen-bond donors (Lipinski definition) is 3. The van der Waals surface area contributed by atoms with Crippen molar-refractivity contribution in [1.82, 2.24) is 0 Å². The summed E-state index contributed by atoms with van der Waals surface area (Å²) >= 11 is 0. The van der Waals surface area contributed by atoms with Crippen LogP contribution in [-0.4, -0.2) is 16.2 Å². The summed E-state index contributed by atoms with van der Waals surface area (Å²) in [5.41, 5.74) is 6.43. The molecule has 0 radical (unpaired) electrons. The molecule has 4 nitrogen and oxygen atoms in total. The number of benzene rings is 1. The Morgan fingerprint density at radius 1 is 1.36 bits per heavy atom. The van der Waals surface area contributed by atoms with Crippen molar-refractivity contribution in [2.45, 2.75) is 13.0 Å². The Hall–Kier alpha value is -1.55. The first-order chi connectivity index (χ1) is 6.52. The van der Waals surface area contributed by atoms with Gasteiger partial charge in [0.25, 0.3) is 0 Å². The van der Waals surface area contributed by atoms with E-state index < -0.39 is 17.9 Å². The van der Waals surface area contributed by atoms with Gasteiger partial charge in [-0.2, -0.15) is 0 Å². The molecule has 76 valence electrons. The third kappa shape index (κ3) is 2.23. The SMILES string of the molecule is C[C@H](C(=O)O)[C@@H](N)c1ccc(O)cc1. The zero-order valence-corrected chi connectivity index (χ0v) is 7.84. The number of carboxylic acid groups (broad SMARTS) is 1. The van der Waals surface area contributed by atoms with Gasteiger partial charge in [-0.15, -0.1) is 0 Å². The molecule has 0 spiro atoms. The van der Waals surface area contributed by atoms with E-state index in [1.165, 1.54) is 12.1 Å². The minimum Gasteiger partial charge on any atom is -0.508 e. The summed E-state index contributed by atoms with van der Waals surface area (Å²) in [6.45, 7) is 1.56. The van der Waals surface area contributed by atoms with Crippen LogP contribution >= 0.6 is 0 Å². The molecule has 1 aromatic carbocycles. The van der Waals surface area contributed by atoms with Crippen LogP contribution < -0.4 is 5.73 Å². The number of hydrogen-bond acceptors (Lipinski definition) is 3. The summed E-state index contributed by atoms with van der Waals surface area (Å²) in [4.78, 5) is 10.7. The molecule has 0 saturated carbocycles. The van der Waals surface area contributed by atoms with Gasteiger partial charge < -0.3 is 15.9 Å². The highest BCUT2D eigenvalue weighted by Crippen LogP contribution is 2.21. The molecule has 0 amide bonds. The van der Waals surface area contributed by atoms with Crippen LogP contribution in [0.25, 0.3) is 0 Å². The maximum Gasteiger partial charge on any atom is 0.308 e. The van der Waals surface area contributed by atoms with Crippen LogP contribution in [0.4, 0.5) is 0 Å². The van der Waals surface area contributed by atoms with E-state index in [1.807, 2.05) is 0 Å². The number of carboxylic acids is 1.